The molecule has 0 spiro atoms. The first-order valence-corrected chi connectivity index (χ1v) is 6.82. The number of carbonyl (C=O) groups excluding carboxylic acids is 1. The topological polar surface area (TPSA) is 47.6 Å². The van der Waals surface area contributed by atoms with Crippen LogP contribution < -0.4 is 5.32 Å². The lowest BCUT2D eigenvalue weighted by molar-refractivity contribution is 0.0404. The van der Waals surface area contributed by atoms with E-state index in [1.54, 1.807) is 19.2 Å². The molecule has 20 heavy (non-hydrogen) atoms. The van der Waals surface area contributed by atoms with Crippen molar-refractivity contribution in [3.63, 3.8) is 0 Å². The molecular formula is C15H14ClNO3. The van der Waals surface area contributed by atoms with Crippen LogP contribution in [0, 0.1) is 17.8 Å². The van der Waals surface area contributed by atoms with Crippen LogP contribution in [0.2, 0.25) is 5.02 Å². The summed E-state index contributed by atoms with van der Waals surface area (Å²) in [6, 6.07) is 5.34. The molecule has 1 saturated carbocycles. The van der Waals surface area contributed by atoms with Gasteiger partial charge in [-0.15, -0.1) is 0 Å². The number of nitrogens with one attached hydrogen (secondary N) is 1. The van der Waals surface area contributed by atoms with Gasteiger partial charge < -0.3 is 9.47 Å². The van der Waals surface area contributed by atoms with Crippen molar-refractivity contribution in [2.24, 2.45) is 5.92 Å². The van der Waals surface area contributed by atoms with Crippen LogP contribution in [0.1, 0.15) is 18.4 Å². The second-order valence-corrected chi connectivity index (χ2v) is 5.39. The molecule has 1 amide bonds. The third-order valence-electron chi connectivity index (χ3n) is 3.52. The molecule has 1 aliphatic carbocycles. The molecule has 1 N–H and O–H groups in total. The highest BCUT2D eigenvalue weighted by molar-refractivity contribution is 6.30. The third kappa shape index (κ3) is 2.24. The summed E-state index contributed by atoms with van der Waals surface area (Å²) >= 11 is 6.09. The van der Waals surface area contributed by atoms with Crippen LogP contribution in [0.3, 0.4) is 0 Å². The van der Waals surface area contributed by atoms with Gasteiger partial charge in [-0.1, -0.05) is 17.5 Å². The SMILES string of the molecule is COCC#C[C@]1(C2CC2)OC(=O)Nc2ccc(Cl)cc21. The lowest BCUT2D eigenvalue weighted by atomic mass is 9.86. The van der Waals surface area contributed by atoms with Crippen LogP contribution in [0.15, 0.2) is 18.2 Å². The first kappa shape index (κ1) is 13.3. The van der Waals surface area contributed by atoms with Gasteiger partial charge in [-0.25, -0.2) is 4.79 Å². The highest BCUT2D eigenvalue weighted by Crippen LogP contribution is 2.52. The zero-order valence-corrected chi connectivity index (χ0v) is 11.8. The third-order valence-corrected chi connectivity index (χ3v) is 3.75. The van der Waals surface area contributed by atoms with E-state index in [0.29, 0.717) is 17.3 Å². The summed E-state index contributed by atoms with van der Waals surface area (Å²) < 4.78 is 10.5. The van der Waals surface area contributed by atoms with Crippen molar-refractivity contribution < 1.29 is 14.3 Å². The summed E-state index contributed by atoms with van der Waals surface area (Å²) in [6.07, 6.45) is 1.50. The minimum atomic E-state index is -0.902. The van der Waals surface area contributed by atoms with Gasteiger partial charge in [0.15, 0.2) is 0 Å². The highest BCUT2D eigenvalue weighted by atomic mass is 35.5. The number of carbonyl (C=O) groups is 1. The quantitative estimate of drug-likeness (QED) is 0.852. The molecule has 2 aliphatic rings. The van der Waals surface area contributed by atoms with Gasteiger partial charge in [0.05, 0.1) is 5.69 Å². The number of rotatable bonds is 2. The maximum Gasteiger partial charge on any atom is 0.413 e. The van der Waals surface area contributed by atoms with Crippen LogP contribution in [0.4, 0.5) is 10.5 Å². The molecule has 0 radical (unpaired) electrons. The Labute approximate surface area is 122 Å². The lowest BCUT2D eigenvalue weighted by Crippen LogP contribution is -2.40. The van der Waals surface area contributed by atoms with Gasteiger partial charge >= 0.3 is 6.09 Å². The summed E-state index contributed by atoms with van der Waals surface area (Å²) in [6.45, 7) is 0.301. The van der Waals surface area contributed by atoms with Crippen LogP contribution in [0.25, 0.3) is 0 Å². The van der Waals surface area contributed by atoms with Crippen molar-refractivity contribution >= 4 is 23.4 Å². The Bertz CT molecular complexity index is 615. The number of hydrogen-bond acceptors (Lipinski definition) is 3. The molecule has 0 saturated heterocycles. The monoisotopic (exact) mass is 291 g/mol. The minimum absolute atomic E-state index is 0.218. The predicted octanol–water partition coefficient (Wildman–Crippen LogP) is 3.16. The number of cyclic esters (lactones) is 1. The summed E-state index contributed by atoms with van der Waals surface area (Å²) in [5.74, 6) is 6.24. The van der Waals surface area contributed by atoms with Crippen LogP contribution in [0.5, 0.6) is 0 Å². The lowest BCUT2D eigenvalue weighted by Gasteiger charge is -2.35. The summed E-state index contributed by atoms with van der Waals surface area (Å²) in [7, 11) is 1.58. The molecule has 1 aliphatic heterocycles. The van der Waals surface area contributed by atoms with E-state index in [0.717, 1.165) is 18.4 Å². The van der Waals surface area contributed by atoms with Gasteiger partial charge in [-0.2, -0.15) is 0 Å². The molecule has 104 valence electrons. The Morgan fingerprint density at radius 3 is 3.05 bits per heavy atom. The van der Waals surface area contributed by atoms with E-state index in [-0.39, 0.29) is 5.92 Å². The molecule has 3 rings (SSSR count). The molecule has 0 bridgehead atoms. The van der Waals surface area contributed by atoms with E-state index in [1.165, 1.54) is 0 Å². The summed E-state index contributed by atoms with van der Waals surface area (Å²) in [5, 5.41) is 3.30. The molecule has 0 unspecified atom stereocenters. The molecule has 1 aromatic carbocycles. The fourth-order valence-corrected chi connectivity index (χ4v) is 2.67. The first-order valence-electron chi connectivity index (χ1n) is 6.45. The Morgan fingerprint density at radius 1 is 1.55 bits per heavy atom. The van der Waals surface area contributed by atoms with Crippen molar-refractivity contribution in [3.05, 3.63) is 28.8 Å². The van der Waals surface area contributed by atoms with E-state index in [9.17, 15) is 4.79 Å². The van der Waals surface area contributed by atoms with Gasteiger partial charge in [0.1, 0.15) is 6.61 Å². The fourth-order valence-electron chi connectivity index (χ4n) is 2.50. The standard InChI is InChI=1S/C15H14ClNO3/c1-19-8-2-7-15(10-3-4-10)12-9-11(16)5-6-13(12)17-14(18)20-15/h5-6,9-10H,3-4,8H2,1H3,(H,17,18)/t15-/m1/s1. The fraction of sp³-hybridized carbons (Fsp3) is 0.400. The van der Waals surface area contributed by atoms with E-state index in [2.05, 4.69) is 17.2 Å². The van der Waals surface area contributed by atoms with Crippen LogP contribution in [-0.4, -0.2) is 19.8 Å². The molecule has 0 aromatic heterocycles. The Kier molecular flexibility index (Phi) is 3.33. The van der Waals surface area contributed by atoms with Crippen molar-refractivity contribution in [1.29, 1.82) is 0 Å². The van der Waals surface area contributed by atoms with Gasteiger partial charge in [0.25, 0.3) is 0 Å². The van der Waals surface area contributed by atoms with Crippen LogP contribution >= 0.6 is 11.6 Å². The molecule has 1 aromatic rings. The number of ether oxygens (including phenoxy) is 2. The van der Waals surface area contributed by atoms with Crippen molar-refractivity contribution in [1.82, 2.24) is 0 Å². The Balaban J connectivity index is 2.12. The average molecular weight is 292 g/mol. The number of halogens is 1. The second kappa shape index (κ2) is 5.01. The van der Waals surface area contributed by atoms with E-state index in [4.69, 9.17) is 21.1 Å². The van der Waals surface area contributed by atoms with Gasteiger partial charge in [-0.3, -0.25) is 5.32 Å². The Morgan fingerprint density at radius 2 is 2.35 bits per heavy atom. The van der Waals surface area contributed by atoms with E-state index in [1.807, 2.05) is 6.07 Å². The summed E-state index contributed by atoms with van der Waals surface area (Å²) in [4.78, 5) is 11.8. The predicted molar refractivity (Wildman–Crippen MR) is 75.6 cm³/mol. The molecule has 1 fully saturated rings. The summed E-state index contributed by atoms with van der Waals surface area (Å²) in [5.41, 5.74) is 0.640. The normalized spacial score (nSPS) is 24.0. The number of fused-ring (bicyclic) bond motifs is 1. The largest absolute Gasteiger partial charge is 0.425 e. The molecule has 4 nitrogen and oxygen atoms in total. The van der Waals surface area contributed by atoms with Gasteiger partial charge in [0, 0.05) is 23.6 Å². The van der Waals surface area contributed by atoms with Gasteiger partial charge in [0.2, 0.25) is 5.60 Å². The maximum atomic E-state index is 11.8. The smallest absolute Gasteiger partial charge is 0.413 e. The van der Waals surface area contributed by atoms with Crippen LogP contribution in [-0.2, 0) is 15.1 Å². The highest BCUT2D eigenvalue weighted by Gasteiger charge is 2.52. The molecule has 1 atom stereocenters. The number of amides is 1. The zero-order valence-electron chi connectivity index (χ0n) is 11.0. The van der Waals surface area contributed by atoms with Crippen molar-refractivity contribution in [2.45, 2.75) is 18.4 Å². The number of benzene rings is 1. The molecule has 1 heterocycles. The van der Waals surface area contributed by atoms with E-state index >= 15 is 0 Å². The maximum absolute atomic E-state index is 11.8. The average Bonchev–Trinajstić information content (AvgIpc) is 3.24. The Hall–Kier alpha value is -1.70. The minimum Gasteiger partial charge on any atom is -0.425 e. The molecular weight excluding hydrogens is 278 g/mol. The number of anilines is 1. The molecule has 5 heteroatoms. The number of methoxy groups -OCH3 is 1. The first-order chi connectivity index (χ1) is 9.65. The second-order valence-electron chi connectivity index (χ2n) is 4.95. The van der Waals surface area contributed by atoms with Crippen molar-refractivity contribution in [2.75, 3.05) is 19.0 Å². The van der Waals surface area contributed by atoms with Crippen molar-refractivity contribution in [3.8, 4) is 11.8 Å². The van der Waals surface area contributed by atoms with Gasteiger partial charge in [-0.05, 0) is 37.0 Å². The number of hydrogen-bond donors (Lipinski definition) is 1. The van der Waals surface area contributed by atoms with E-state index < -0.39 is 11.7 Å². The zero-order chi connectivity index (χ0) is 14.2.